The van der Waals surface area contributed by atoms with Gasteiger partial charge in [0.2, 0.25) is 0 Å². The van der Waals surface area contributed by atoms with Gasteiger partial charge >= 0.3 is 0 Å². The molecule has 0 heterocycles. The second kappa shape index (κ2) is 3.82. The first kappa shape index (κ1) is 11.5. The highest BCUT2D eigenvalue weighted by Crippen LogP contribution is 2.36. The minimum absolute atomic E-state index is 0.0368. The van der Waals surface area contributed by atoms with E-state index in [9.17, 15) is 12.8 Å². The van der Waals surface area contributed by atoms with Gasteiger partial charge in [-0.2, -0.15) is 0 Å². The molecular weight excluding hydrogens is 229 g/mol. The van der Waals surface area contributed by atoms with Crippen LogP contribution < -0.4 is 5.73 Å². The highest BCUT2D eigenvalue weighted by atomic mass is 32.2. The summed E-state index contributed by atoms with van der Waals surface area (Å²) in [5.41, 5.74) is 5.56. The fraction of sp³-hybridized carbons (Fsp3) is 0.455. The summed E-state index contributed by atoms with van der Waals surface area (Å²) in [6.07, 6.45) is 2.27. The summed E-state index contributed by atoms with van der Waals surface area (Å²) in [7, 11) is -3.32. The lowest BCUT2D eigenvalue weighted by Crippen LogP contribution is -2.25. The van der Waals surface area contributed by atoms with E-state index in [0.717, 1.165) is 25.0 Å². The van der Waals surface area contributed by atoms with Crippen molar-refractivity contribution in [3.8, 4) is 0 Å². The van der Waals surface area contributed by atoms with Crippen LogP contribution in [0.4, 0.5) is 4.39 Å². The highest BCUT2D eigenvalue weighted by Gasteiger charge is 2.38. The van der Waals surface area contributed by atoms with E-state index in [2.05, 4.69) is 0 Å². The predicted molar refractivity (Wildman–Crippen MR) is 59.2 cm³/mol. The van der Waals surface area contributed by atoms with E-state index in [-0.39, 0.29) is 16.2 Å². The summed E-state index contributed by atoms with van der Waals surface area (Å²) in [5.74, 6) is -0.397. The third kappa shape index (κ3) is 2.59. The first-order valence-electron chi connectivity index (χ1n) is 5.19. The van der Waals surface area contributed by atoms with E-state index in [1.54, 1.807) is 0 Å². The SMILES string of the molecule is NC1(CCS(=O)(=O)c2ccc(F)cc2)CC1. The molecule has 0 bridgehead atoms. The second-order valence-corrected chi connectivity index (χ2v) is 6.49. The van der Waals surface area contributed by atoms with E-state index in [1.807, 2.05) is 0 Å². The molecule has 0 saturated heterocycles. The first-order valence-corrected chi connectivity index (χ1v) is 6.84. The summed E-state index contributed by atoms with van der Waals surface area (Å²) in [4.78, 5) is 0.165. The molecule has 5 heteroatoms. The largest absolute Gasteiger partial charge is 0.325 e. The maximum atomic E-state index is 12.6. The Morgan fingerprint density at radius 1 is 1.25 bits per heavy atom. The van der Waals surface area contributed by atoms with Crippen molar-refractivity contribution in [1.29, 1.82) is 0 Å². The molecular formula is C11H14FNO2S. The molecule has 1 fully saturated rings. The Morgan fingerprint density at radius 3 is 2.31 bits per heavy atom. The van der Waals surface area contributed by atoms with Crippen LogP contribution in [0.1, 0.15) is 19.3 Å². The van der Waals surface area contributed by atoms with E-state index in [4.69, 9.17) is 5.73 Å². The first-order chi connectivity index (χ1) is 7.41. The van der Waals surface area contributed by atoms with Crippen LogP contribution in [-0.4, -0.2) is 19.7 Å². The molecule has 0 aromatic heterocycles. The molecule has 0 amide bonds. The van der Waals surface area contributed by atoms with Gasteiger partial charge in [0.25, 0.3) is 0 Å². The Balaban J connectivity index is 2.09. The lowest BCUT2D eigenvalue weighted by atomic mass is 10.2. The topological polar surface area (TPSA) is 60.2 Å². The van der Waals surface area contributed by atoms with Crippen LogP contribution in [0.2, 0.25) is 0 Å². The van der Waals surface area contributed by atoms with Crippen LogP contribution in [0, 0.1) is 5.82 Å². The molecule has 1 aliphatic carbocycles. The van der Waals surface area contributed by atoms with Crippen molar-refractivity contribution in [3.05, 3.63) is 30.1 Å². The molecule has 0 atom stereocenters. The van der Waals surface area contributed by atoms with Crippen molar-refractivity contribution in [2.24, 2.45) is 5.73 Å². The zero-order chi connectivity index (χ0) is 11.8. The lowest BCUT2D eigenvalue weighted by molar-refractivity contribution is 0.579. The molecule has 3 nitrogen and oxygen atoms in total. The van der Waals surface area contributed by atoms with E-state index < -0.39 is 15.7 Å². The van der Waals surface area contributed by atoms with Crippen LogP contribution >= 0.6 is 0 Å². The van der Waals surface area contributed by atoms with Crippen LogP contribution in [0.15, 0.2) is 29.2 Å². The van der Waals surface area contributed by atoms with Gasteiger partial charge in [-0.25, -0.2) is 12.8 Å². The molecule has 2 N–H and O–H groups in total. The normalized spacial score (nSPS) is 18.4. The summed E-state index contributed by atoms with van der Waals surface area (Å²) in [6.45, 7) is 0. The molecule has 88 valence electrons. The number of hydrogen-bond acceptors (Lipinski definition) is 3. The monoisotopic (exact) mass is 243 g/mol. The smallest absolute Gasteiger partial charge is 0.178 e. The minimum Gasteiger partial charge on any atom is -0.325 e. The van der Waals surface area contributed by atoms with E-state index >= 15 is 0 Å². The zero-order valence-corrected chi connectivity index (χ0v) is 9.63. The summed E-state index contributed by atoms with van der Waals surface area (Å²) in [6, 6.07) is 4.89. The van der Waals surface area contributed by atoms with Crippen molar-refractivity contribution in [3.63, 3.8) is 0 Å². The predicted octanol–water partition coefficient (Wildman–Crippen LogP) is 1.48. The number of benzene rings is 1. The third-order valence-electron chi connectivity index (χ3n) is 2.93. The Labute approximate surface area is 94.4 Å². The molecule has 1 aromatic carbocycles. The van der Waals surface area contributed by atoms with Crippen LogP contribution in [0.25, 0.3) is 0 Å². The van der Waals surface area contributed by atoms with Crippen LogP contribution in [-0.2, 0) is 9.84 Å². The maximum absolute atomic E-state index is 12.6. The van der Waals surface area contributed by atoms with Gasteiger partial charge in [0.1, 0.15) is 5.82 Å². The number of hydrogen-bond donors (Lipinski definition) is 1. The number of nitrogens with two attached hydrogens (primary N) is 1. The standard InChI is InChI=1S/C11H14FNO2S/c12-9-1-3-10(4-2-9)16(14,15)8-7-11(13)5-6-11/h1-4H,5-8,13H2. The summed E-state index contributed by atoms with van der Waals surface area (Å²) in [5, 5.41) is 0. The van der Waals surface area contributed by atoms with Crippen molar-refractivity contribution in [2.75, 3.05) is 5.75 Å². The highest BCUT2D eigenvalue weighted by molar-refractivity contribution is 7.91. The van der Waals surface area contributed by atoms with Gasteiger partial charge in [0, 0.05) is 5.54 Å². The minimum atomic E-state index is -3.32. The van der Waals surface area contributed by atoms with Gasteiger partial charge in [-0.05, 0) is 43.5 Å². The Hall–Kier alpha value is -0.940. The van der Waals surface area contributed by atoms with Gasteiger partial charge in [-0.15, -0.1) is 0 Å². The lowest BCUT2D eigenvalue weighted by Gasteiger charge is -2.08. The molecule has 1 aromatic rings. The quantitative estimate of drug-likeness (QED) is 0.815. The Morgan fingerprint density at radius 2 is 1.81 bits per heavy atom. The number of rotatable bonds is 4. The molecule has 1 aliphatic rings. The molecule has 0 unspecified atom stereocenters. The third-order valence-corrected chi connectivity index (χ3v) is 4.67. The molecule has 0 radical (unpaired) electrons. The maximum Gasteiger partial charge on any atom is 0.178 e. The van der Waals surface area contributed by atoms with Crippen molar-refractivity contribution in [1.82, 2.24) is 0 Å². The summed E-state index contributed by atoms with van der Waals surface area (Å²) >= 11 is 0. The summed E-state index contributed by atoms with van der Waals surface area (Å²) < 4.78 is 36.3. The number of halogens is 1. The average Bonchev–Trinajstić information content (AvgIpc) is 2.96. The molecule has 16 heavy (non-hydrogen) atoms. The van der Waals surface area contributed by atoms with E-state index in [1.165, 1.54) is 12.1 Å². The van der Waals surface area contributed by atoms with Gasteiger partial charge in [-0.3, -0.25) is 0 Å². The van der Waals surface area contributed by atoms with Crippen molar-refractivity contribution >= 4 is 9.84 Å². The fourth-order valence-electron chi connectivity index (χ4n) is 1.51. The van der Waals surface area contributed by atoms with Gasteiger partial charge in [-0.1, -0.05) is 0 Å². The van der Waals surface area contributed by atoms with Gasteiger partial charge < -0.3 is 5.73 Å². The fourth-order valence-corrected chi connectivity index (χ4v) is 2.97. The van der Waals surface area contributed by atoms with Gasteiger partial charge in [0.15, 0.2) is 9.84 Å². The molecule has 0 aliphatic heterocycles. The molecule has 0 spiro atoms. The van der Waals surface area contributed by atoms with Crippen molar-refractivity contribution in [2.45, 2.75) is 29.7 Å². The number of sulfone groups is 1. The van der Waals surface area contributed by atoms with E-state index in [0.29, 0.717) is 6.42 Å². The Kier molecular flexibility index (Phi) is 2.75. The average molecular weight is 243 g/mol. The van der Waals surface area contributed by atoms with Crippen molar-refractivity contribution < 1.29 is 12.8 Å². The Bertz CT molecular complexity index is 477. The molecule has 2 rings (SSSR count). The molecule has 1 saturated carbocycles. The zero-order valence-electron chi connectivity index (χ0n) is 8.82. The van der Waals surface area contributed by atoms with Crippen LogP contribution in [0.5, 0.6) is 0 Å². The second-order valence-electron chi connectivity index (χ2n) is 4.39. The van der Waals surface area contributed by atoms with Gasteiger partial charge in [0.05, 0.1) is 10.6 Å². The van der Waals surface area contributed by atoms with Crippen LogP contribution in [0.3, 0.4) is 0 Å².